The summed E-state index contributed by atoms with van der Waals surface area (Å²) in [5.74, 6) is -0.0532. The Morgan fingerprint density at radius 1 is 1.08 bits per heavy atom. The maximum absolute atomic E-state index is 12.5. The molecule has 25 heavy (non-hydrogen) atoms. The van der Waals surface area contributed by atoms with Crippen molar-refractivity contribution < 1.29 is 9.59 Å². The summed E-state index contributed by atoms with van der Waals surface area (Å²) in [6, 6.07) is 15.3. The van der Waals surface area contributed by atoms with E-state index in [1.807, 2.05) is 6.92 Å². The number of benzene rings is 2. The molecule has 0 radical (unpaired) electrons. The smallest absolute Gasteiger partial charge is 0.241 e. The molecule has 0 unspecified atom stereocenters. The first kappa shape index (κ1) is 17.4. The first-order valence-electron chi connectivity index (χ1n) is 8.80. The first-order chi connectivity index (χ1) is 12.0. The third kappa shape index (κ3) is 4.15. The summed E-state index contributed by atoms with van der Waals surface area (Å²) in [5.41, 5.74) is 4.02. The van der Waals surface area contributed by atoms with Gasteiger partial charge in [-0.25, -0.2) is 0 Å². The minimum atomic E-state index is -0.302. The van der Waals surface area contributed by atoms with Crippen molar-refractivity contribution in [2.24, 2.45) is 0 Å². The summed E-state index contributed by atoms with van der Waals surface area (Å²) in [5, 5.41) is 6.37. The molecule has 0 aromatic heterocycles. The Kier molecular flexibility index (Phi) is 5.29. The number of hydrogen-bond donors (Lipinski definition) is 2. The van der Waals surface area contributed by atoms with Gasteiger partial charge < -0.3 is 5.32 Å². The number of Topliss-reactive ketones (excluding diaryl/α,β-unsaturated/α-hetero) is 1. The lowest BCUT2D eigenvalue weighted by atomic mass is 9.87. The number of amides is 1. The fraction of sp³-hybridized carbons (Fsp3) is 0.333. The van der Waals surface area contributed by atoms with Crippen LogP contribution in [-0.4, -0.2) is 17.7 Å². The van der Waals surface area contributed by atoms with Crippen molar-refractivity contribution in [3.63, 3.8) is 0 Å². The van der Waals surface area contributed by atoms with Crippen molar-refractivity contribution in [3.05, 3.63) is 65.2 Å². The van der Waals surface area contributed by atoms with Gasteiger partial charge in [0.1, 0.15) is 0 Å². The number of rotatable bonds is 5. The molecule has 4 nitrogen and oxygen atoms in total. The zero-order valence-corrected chi connectivity index (χ0v) is 14.7. The minimum Gasteiger partial charge on any atom is -0.325 e. The van der Waals surface area contributed by atoms with Gasteiger partial charge in [0.15, 0.2) is 5.78 Å². The monoisotopic (exact) mass is 336 g/mol. The third-order valence-electron chi connectivity index (χ3n) is 4.77. The third-order valence-corrected chi connectivity index (χ3v) is 4.77. The van der Waals surface area contributed by atoms with Crippen LogP contribution in [0.25, 0.3) is 0 Å². The molecule has 0 fully saturated rings. The van der Waals surface area contributed by atoms with Gasteiger partial charge >= 0.3 is 0 Å². The standard InChI is InChI=1S/C21H24N2O2/c1-14(21(25)23-18-12-10-16(11-13-18)15(2)24)22-20-9-5-7-17-6-3-4-8-19(17)20/h3-4,6,8,10-14,20,22H,5,7,9H2,1-2H3,(H,23,25)/t14-,20+/m0/s1. The molecular weight excluding hydrogens is 312 g/mol. The van der Waals surface area contributed by atoms with Crippen molar-refractivity contribution in [3.8, 4) is 0 Å². The van der Waals surface area contributed by atoms with Crippen LogP contribution in [0.15, 0.2) is 48.5 Å². The number of nitrogens with one attached hydrogen (secondary N) is 2. The summed E-state index contributed by atoms with van der Waals surface area (Å²) >= 11 is 0. The number of carbonyl (C=O) groups excluding carboxylic acids is 2. The van der Waals surface area contributed by atoms with Gasteiger partial charge in [-0.2, -0.15) is 0 Å². The number of carbonyl (C=O) groups is 2. The van der Waals surface area contributed by atoms with Gasteiger partial charge in [0.2, 0.25) is 5.91 Å². The molecule has 0 heterocycles. The Morgan fingerprint density at radius 2 is 1.80 bits per heavy atom. The van der Waals surface area contributed by atoms with Crippen LogP contribution in [0.1, 0.15) is 54.2 Å². The van der Waals surface area contributed by atoms with Crippen molar-refractivity contribution in [2.75, 3.05) is 5.32 Å². The number of hydrogen-bond acceptors (Lipinski definition) is 3. The van der Waals surface area contributed by atoms with Crippen molar-refractivity contribution >= 4 is 17.4 Å². The molecule has 2 aromatic carbocycles. The fourth-order valence-corrected chi connectivity index (χ4v) is 3.34. The molecule has 2 atom stereocenters. The van der Waals surface area contributed by atoms with Crippen LogP contribution in [0.3, 0.4) is 0 Å². The van der Waals surface area contributed by atoms with E-state index in [2.05, 4.69) is 34.9 Å². The molecule has 1 amide bonds. The van der Waals surface area contributed by atoms with Crippen LogP contribution < -0.4 is 10.6 Å². The summed E-state index contributed by atoms with van der Waals surface area (Å²) < 4.78 is 0. The van der Waals surface area contributed by atoms with Crippen LogP contribution >= 0.6 is 0 Å². The molecule has 4 heteroatoms. The van der Waals surface area contributed by atoms with Gasteiger partial charge in [-0.1, -0.05) is 24.3 Å². The Bertz CT molecular complexity index is 768. The second-order valence-electron chi connectivity index (χ2n) is 6.65. The highest BCUT2D eigenvalue weighted by Gasteiger charge is 2.23. The molecule has 0 saturated carbocycles. The second kappa shape index (κ2) is 7.62. The highest BCUT2D eigenvalue weighted by Crippen LogP contribution is 2.29. The maximum atomic E-state index is 12.5. The topological polar surface area (TPSA) is 58.2 Å². The van der Waals surface area contributed by atoms with E-state index in [9.17, 15) is 9.59 Å². The number of anilines is 1. The van der Waals surface area contributed by atoms with E-state index in [4.69, 9.17) is 0 Å². The predicted molar refractivity (Wildman–Crippen MR) is 99.8 cm³/mol. The molecule has 130 valence electrons. The molecule has 2 aromatic rings. The van der Waals surface area contributed by atoms with E-state index in [0.29, 0.717) is 11.3 Å². The second-order valence-corrected chi connectivity index (χ2v) is 6.65. The van der Waals surface area contributed by atoms with E-state index in [1.54, 1.807) is 24.3 Å². The van der Waals surface area contributed by atoms with Gasteiger partial charge in [-0.05, 0) is 68.5 Å². The number of fused-ring (bicyclic) bond motifs is 1. The number of ketones is 1. The highest BCUT2D eigenvalue weighted by molar-refractivity contribution is 5.97. The van der Waals surface area contributed by atoms with Gasteiger partial charge in [0, 0.05) is 17.3 Å². The van der Waals surface area contributed by atoms with E-state index in [-0.39, 0.29) is 23.8 Å². The van der Waals surface area contributed by atoms with E-state index >= 15 is 0 Å². The van der Waals surface area contributed by atoms with Crippen LogP contribution in [-0.2, 0) is 11.2 Å². The zero-order chi connectivity index (χ0) is 17.8. The van der Waals surface area contributed by atoms with E-state index < -0.39 is 0 Å². The predicted octanol–water partition coefficient (Wildman–Crippen LogP) is 3.88. The average Bonchev–Trinajstić information content (AvgIpc) is 2.62. The van der Waals surface area contributed by atoms with E-state index in [0.717, 1.165) is 19.3 Å². The largest absolute Gasteiger partial charge is 0.325 e. The normalized spacial score (nSPS) is 17.4. The molecule has 0 spiro atoms. The molecule has 2 N–H and O–H groups in total. The summed E-state index contributed by atoms with van der Waals surface area (Å²) in [4.78, 5) is 23.8. The lowest BCUT2D eigenvalue weighted by Gasteiger charge is -2.29. The van der Waals surface area contributed by atoms with Crippen molar-refractivity contribution in [1.29, 1.82) is 0 Å². The van der Waals surface area contributed by atoms with Gasteiger partial charge in [-0.3, -0.25) is 14.9 Å². The lowest BCUT2D eigenvalue weighted by Crippen LogP contribution is -2.41. The lowest BCUT2D eigenvalue weighted by molar-refractivity contribution is -0.118. The summed E-state index contributed by atoms with van der Waals surface area (Å²) in [7, 11) is 0. The van der Waals surface area contributed by atoms with Gasteiger partial charge in [0.25, 0.3) is 0 Å². The van der Waals surface area contributed by atoms with Crippen molar-refractivity contribution in [1.82, 2.24) is 5.32 Å². The van der Waals surface area contributed by atoms with Crippen molar-refractivity contribution in [2.45, 2.75) is 45.2 Å². The zero-order valence-electron chi connectivity index (χ0n) is 14.7. The summed E-state index contributed by atoms with van der Waals surface area (Å²) in [6.07, 6.45) is 3.29. The Morgan fingerprint density at radius 3 is 2.52 bits per heavy atom. The molecule has 0 saturated heterocycles. The highest BCUT2D eigenvalue weighted by atomic mass is 16.2. The molecular formula is C21H24N2O2. The van der Waals surface area contributed by atoms with Crippen LogP contribution in [0.2, 0.25) is 0 Å². The molecule has 3 rings (SSSR count). The maximum Gasteiger partial charge on any atom is 0.241 e. The Labute approximate surface area is 148 Å². The molecule has 1 aliphatic carbocycles. The van der Waals surface area contributed by atoms with Crippen LogP contribution in [0.4, 0.5) is 5.69 Å². The molecule has 0 aliphatic heterocycles. The average molecular weight is 336 g/mol. The van der Waals surface area contributed by atoms with Crippen LogP contribution in [0.5, 0.6) is 0 Å². The quantitative estimate of drug-likeness (QED) is 0.815. The van der Waals surface area contributed by atoms with E-state index in [1.165, 1.54) is 18.1 Å². The Hall–Kier alpha value is -2.46. The first-order valence-corrected chi connectivity index (χ1v) is 8.80. The minimum absolute atomic E-state index is 0.0175. The Balaban J connectivity index is 1.62. The molecule has 0 bridgehead atoms. The number of aryl methyl sites for hydroxylation is 1. The summed E-state index contributed by atoms with van der Waals surface area (Å²) in [6.45, 7) is 3.41. The SMILES string of the molecule is CC(=O)c1ccc(NC(=O)[C@H](C)N[C@@H]2CCCc3ccccc32)cc1. The van der Waals surface area contributed by atoms with Gasteiger partial charge in [-0.15, -0.1) is 0 Å². The van der Waals surface area contributed by atoms with Gasteiger partial charge in [0.05, 0.1) is 6.04 Å². The molecule has 1 aliphatic rings. The van der Waals surface area contributed by atoms with Crippen LogP contribution in [0, 0.1) is 0 Å². The fourth-order valence-electron chi connectivity index (χ4n) is 3.34.